The molecule has 2 aromatic carbocycles. The Hall–Kier alpha value is -4.73. The summed E-state index contributed by atoms with van der Waals surface area (Å²) in [6, 6.07) is 15.6. The summed E-state index contributed by atoms with van der Waals surface area (Å²) >= 11 is 0. The minimum absolute atomic E-state index is 0.0118. The van der Waals surface area contributed by atoms with E-state index in [9.17, 15) is 9.59 Å². The molecule has 1 aliphatic heterocycles. The topological polar surface area (TPSA) is 119 Å². The summed E-state index contributed by atoms with van der Waals surface area (Å²) in [6.07, 6.45) is 11.9. The van der Waals surface area contributed by atoms with Crippen molar-refractivity contribution >= 4 is 34.4 Å². The molecule has 10 heteroatoms. The van der Waals surface area contributed by atoms with Gasteiger partial charge >= 0.3 is 6.09 Å². The van der Waals surface area contributed by atoms with Crippen LogP contribution in [-0.4, -0.2) is 56.6 Å². The predicted octanol–water partition coefficient (Wildman–Crippen LogP) is 8.51. The van der Waals surface area contributed by atoms with Gasteiger partial charge < -0.3 is 25.0 Å². The molecule has 2 amide bonds. The third kappa shape index (κ3) is 7.19. The van der Waals surface area contributed by atoms with Crippen LogP contribution in [0.4, 0.5) is 16.4 Å². The Balaban J connectivity index is 1.10. The fraction of sp³-hybridized carbons (Fsp3) is 0.462. The Morgan fingerprint density at radius 2 is 1.78 bits per heavy atom. The molecular weight excluding hydrogens is 616 g/mol. The van der Waals surface area contributed by atoms with E-state index in [-0.39, 0.29) is 29.4 Å². The predicted molar refractivity (Wildman–Crippen MR) is 191 cm³/mol. The average molecular weight is 663 g/mol. The highest BCUT2D eigenvalue weighted by molar-refractivity contribution is 6.06. The lowest BCUT2D eigenvalue weighted by atomic mass is 9.84. The zero-order valence-corrected chi connectivity index (χ0v) is 28.9. The number of piperidine rings is 1. The molecule has 2 saturated carbocycles. The molecule has 2 atom stereocenters. The molecule has 1 unspecified atom stereocenters. The van der Waals surface area contributed by atoms with E-state index >= 15 is 0 Å². The molecule has 3 aliphatic rings. The lowest BCUT2D eigenvalue weighted by molar-refractivity contribution is -0.118. The summed E-state index contributed by atoms with van der Waals surface area (Å²) in [5, 5.41) is 8.51. The van der Waals surface area contributed by atoms with Crippen molar-refractivity contribution in [1.82, 2.24) is 19.9 Å². The number of likely N-dealkylation sites (tertiary alicyclic amines) is 1. The van der Waals surface area contributed by atoms with Gasteiger partial charge in [0.15, 0.2) is 0 Å². The van der Waals surface area contributed by atoms with Gasteiger partial charge in [0.25, 0.3) is 0 Å². The molecule has 4 aromatic rings. The first-order valence-corrected chi connectivity index (χ1v) is 17.6. The van der Waals surface area contributed by atoms with E-state index in [1.165, 1.54) is 32.1 Å². The zero-order chi connectivity index (χ0) is 34.2. The minimum atomic E-state index is -0.546. The third-order valence-electron chi connectivity index (χ3n) is 10.1. The fourth-order valence-corrected chi connectivity index (χ4v) is 7.54. The van der Waals surface area contributed by atoms with Crippen LogP contribution in [0.1, 0.15) is 77.7 Å². The van der Waals surface area contributed by atoms with Gasteiger partial charge in [-0.05, 0) is 95.0 Å². The molecule has 10 nitrogen and oxygen atoms in total. The van der Waals surface area contributed by atoms with Crippen molar-refractivity contribution in [3.8, 4) is 22.9 Å². The first kappa shape index (κ1) is 32.8. The lowest BCUT2D eigenvalue weighted by Gasteiger charge is -2.34. The number of ether oxygens (including phenoxy) is 2. The quantitative estimate of drug-likeness (QED) is 0.202. The number of hydrogen-bond donors (Lipinski definition) is 2. The maximum absolute atomic E-state index is 13.4. The zero-order valence-electron chi connectivity index (χ0n) is 28.9. The number of anilines is 2. The number of nitrogens with one attached hydrogen (secondary N) is 2. The van der Waals surface area contributed by atoms with E-state index < -0.39 is 5.60 Å². The van der Waals surface area contributed by atoms with E-state index in [0.717, 1.165) is 46.8 Å². The second-order valence-corrected chi connectivity index (χ2v) is 14.9. The number of pyridine rings is 1. The lowest BCUT2D eigenvalue weighted by Crippen LogP contribution is -2.47. The number of rotatable bonds is 7. The summed E-state index contributed by atoms with van der Waals surface area (Å²) in [5.41, 5.74) is 2.81. The SMILES string of the molecule is Cc1ccc2c(NC(=O)C3CC34CCCCC4)cccc2c1Oc1ncccc1-c1ccnc(N[C@H]2CCCN(C(=O)OC(C)(C)C)C2)n1. The molecule has 7 rings (SSSR count). The summed E-state index contributed by atoms with van der Waals surface area (Å²) in [7, 11) is 0. The molecule has 0 radical (unpaired) electrons. The molecule has 3 heterocycles. The Kier molecular flexibility index (Phi) is 8.90. The van der Waals surface area contributed by atoms with Crippen LogP contribution in [0.5, 0.6) is 11.6 Å². The van der Waals surface area contributed by atoms with Crippen LogP contribution in [0.2, 0.25) is 0 Å². The number of benzene rings is 2. The van der Waals surface area contributed by atoms with Gasteiger partial charge in [-0.2, -0.15) is 0 Å². The molecule has 256 valence electrons. The van der Waals surface area contributed by atoms with Crippen LogP contribution in [0.25, 0.3) is 22.0 Å². The van der Waals surface area contributed by atoms with E-state index in [0.29, 0.717) is 36.4 Å². The standard InChI is InChI=1S/C39H46N6O4/c1-25-15-16-27-28(12-8-14-31(27)43-34(46)30-23-39(30)18-6-5-7-19-39)33(25)48-35-29(13-9-20-40-35)32-17-21-41-36(44-32)42-26-11-10-22-45(24-26)37(47)49-38(2,3)4/h8-9,12-17,20-21,26,30H,5-7,10-11,18-19,22-24H2,1-4H3,(H,43,46)(H,41,42,44)/t26-,30?/m0/s1. The average Bonchev–Trinajstić information content (AvgIpc) is 3.78. The molecule has 2 aromatic heterocycles. The Bertz CT molecular complexity index is 1860. The normalized spacial score (nSPS) is 20.1. The van der Waals surface area contributed by atoms with E-state index in [2.05, 4.69) is 20.6 Å². The van der Waals surface area contributed by atoms with Crippen LogP contribution in [-0.2, 0) is 9.53 Å². The summed E-state index contributed by atoms with van der Waals surface area (Å²) < 4.78 is 12.2. The Morgan fingerprint density at radius 3 is 2.59 bits per heavy atom. The second kappa shape index (κ2) is 13.3. The Labute approximate surface area is 288 Å². The number of carbonyl (C=O) groups is 2. The van der Waals surface area contributed by atoms with Gasteiger partial charge in [0.05, 0.1) is 11.3 Å². The smallest absolute Gasteiger partial charge is 0.410 e. The minimum Gasteiger partial charge on any atom is -0.444 e. The van der Waals surface area contributed by atoms with Crippen molar-refractivity contribution in [2.24, 2.45) is 11.3 Å². The first-order chi connectivity index (χ1) is 23.6. The molecule has 2 aliphatic carbocycles. The number of fused-ring (bicyclic) bond motifs is 1. The van der Waals surface area contributed by atoms with Crippen molar-refractivity contribution in [2.75, 3.05) is 23.7 Å². The molecule has 49 heavy (non-hydrogen) atoms. The summed E-state index contributed by atoms with van der Waals surface area (Å²) in [5.74, 6) is 1.80. The van der Waals surface area contributed by atoms with Crippen molar-refractivity contribution in [2.45, 2.75) is 90.7 Å². The summed E-state index contributed by atoms with van der Waals surface area (Å²) in [6.45, 7) is 8.80. The highest BCUT2D eigenvalue weighted by atomic mass is 16.6. The number of hydrogen-bond acceptors (Lipinski definition) is 8. The maximum Gasteiger partial charge on any atom is 0.410 e. The maximum atomic E-state index is 13.4. The fourth-order valence-electron chi connectivity index (χ4n) is 7.54. The highest BCUT2D eigenvalue weighted by Gasteiger charge is 2.57. The monoisotopic (exact) mass is 662 g/mol. The van der Waals surface area contributed by atoms with Gasteiger partial charge in [0.1, 0.15) is 11.4 Å². The van der Waals surface area contributed by atoms with Crippen LogP contribution in [0.15, 0.2) is 60.9 Å². The van der Waals surface area contributed by atoms with E-state index in [1.807, 2.05) is 76.2 Å². The van der Waals surface area contributed by atoms with Crippen LogP contribution < -0.4 is 15.4 Å². The van der Waals surface area contributed by atoms with Crippen LogP contribution in [0.3, 0.4) is 0 Å². The first-order valence-electron chi connectivity index (χ1n) is 17.6. The number of nitrogens with zero attached hydrogens (tertiary/aromatic N) is 4. The van der Waals surface area contributed by atoms with Gasteiger partial charge in [-0.3, -0.25) is 4.79 Å². The van der Waals surface area contributed by atoms with Gasteiger partial charge in [-0.15, -0.1) is 0 Å². The van der Waals surface area contributed by atoms with Crippen molar-refractivity contribution in [3.05, 3.63) is 66.5 Å². The van der Waals surface area contributed by atoms with Crippen LogP contribution >= 0.6 is 0 Å². The number of amides is 2. The largest absolute Gasteiger partial charge is 0.444 e. The third-order valence-corrected chi connectivity index (χ3v) is 10.1. The van der Waals surface area contributed by atoms with Crippen molar-refractivity contribution < 1.29 is 19.1 Å². The van der Waals surface area contributed by atoms with E-state index in [1.54, 1.807) is 17.3 Å². The molecule has 3 fully saturated rings. The molecule has 1 saturated heterocycles. The van der Waals surface area contributed by atoms with Gasteiger partial charge in [0.2, 0.25) is 17.7 Å². The van der Waals surface area contributed by atoms with Gasteiger partial charge in [0, 0.05) is 53.9 Å². The molecule has 1 spiro atoms. The van der Waals surface area contributed by atoms with E-state index in [4.69, 9.17) is 14.5 Å². The second-order valence-electron chi connectivity index (χ2n) is 14.9. The molecular formula is C39H46N6O4. The number of carbonyl (C=O) groups excluding carboxylic acids is 2. The van der Waals surface area contributed by atoms with Crippen LogP contribution in [0, 0.1) is 18.3 Å². The summed E-state index contributed by atoms with van der Waals surface area (Å²) in [4.78, 5) is 41.8. The van der Waals surface area contributed by atoms with Gasteiger partial charge in [-0.1, -0.05) is 43.5 Å². The van der Waals surface area contributed by atoms with Crippen molar-refractivity contribution in [1.29, 1.82) is 0 Å². The molecule has 2 N–H and O–H groups in total. The molecule has 0 bridgehead atoms. The number of aryl methyl sites for hydroxylation is 1. The Morgan fingerprint density at radius 1 is 0.939 bits per heavy atom. The van der Waals surface area contributed by atoms with Crippen molar-refractivity contribution in [3.63, 3.8) is 0 Å². The van der Waals surface area contributed by atoms with Gasteiger partial charge in [-0.25, -0.2) is 19.7 Å². The number of aromatic nitrogens is 3. The highest BCUT2D eigenvalue weighted by Crippen LogP contribution is 2.61.